The Hall–Kier alpha value is -1.55. The Morgan fingerprint density at radius 2 is 2.10 bits per heavy atom. The molecular weight excluding hydrogens is 250 g/mol. The summed E-state index contributed by atoms with van der Waals surface area (Å²) in [5.41, 5.74) is 8.04. The lowest BCUT2D eigenvalue weighted by Crippen LogP contribution is -2.35. The fraction of sp³-hybridized carbons (Fsp3) is 0.562. The largest absolute Gasteiger partial charge is 0.409 e. The molecule has 1 fully saturated rings. The summed E-state index contributed by atoms with van der Waals surface area (Å²) in [6.45, 7) is 5.53. The highest BCUT2D eigenvalue weighted by Gasteiger charge is 2.26. The van der Waals surface area contributed by atoms with Crippen LogP contribution in [0.5, 0.6) is 0 Å². The molecule has 4 nitrogen and oxygen atoms in total. The van der Waals surface area contributed by atoms with Gasteiger partial charge < -0.3 is 16.3 Å². The number of oxime groups is 1. The summed E-state index contributed by atoms with van der Waals surface area (Å²) in [6.07, 6.45) is 5.06. The number of hydrogen-bond acceptors (Lipinski definition) is 3. The molecule has 2 rings (SSSR count). The van der Waals surface area contributed by atoms with Gasteiger partial charge in [0.1, 0.15) is 0 Å². The molecule has 0 spiro atoms. The molecule has 110 valence electrons. The average Bonchev–Trinajstić information content (AvgIpc) is 2.45. The maximum absolute atomic E-state index is 8.71. The molecule has 0 radical (unpaired) electrons. The van der Waals surface area contributed by atoms with E-state index in [9.17, 15) is 0 Å². The maximum Gasteiger partial charge on any atom is 0.170 e. The molecule has 0 aliphatic heterocycles. The van der Waals surface area contributed by atoms with Crippen molar-refractivity contribution in [2.45, 2.75) is 52.1 Å². The van der Waals surface area contributed by atoms with E-state index in [2.05, 4.69) is 30.4 Å². The minimum absolute atomic E-state index is 0.159. The molecule has 4 N–H and O–H groups in total. The van der Waals surface area contributed by atoms with E-state index in [4.69, 9.17) is 10.9 Å². The SMILES string of the molecule is CC1(C)CCC(NCc2cccc(C(N)=NO)c2)CC1. The van der Waals surface area contributed by atoms with Gasteiger partial charge in [-0.3, -0.25) is 0 Å². The van der Waals surface area contributed by atoms with Gasteiger partial charge in [0.2, 0.25) is 0 Å². The molecule has 0 unspecified atom stereocenters. The highest BCUT2D eigenvalue weighted by atomic mass is 16.4. The van der Waals surface area contributed by atoms with E-state index in [0.29, 0.717) is 11.5 Å². The van der Waals surface area contributed by atoms with Gasteiger partial charge in [0.25, 0.3) is 0 Å². The smallest absolute Gasteiger partial charge is 0.170 e. The van der Waals surface area contributed by atoms with Crippen molar-refractivity contribution < 1.29 is 5.21 Å². The first kappa shape index (κ1) is 14.9. The minimum Gasteiger partial charge on any atom is -0.409 e. The lowest BCUT2D eigenvalue weighted by atomic mass is 9.75. The third-order valence-electron chi connectivity index (χ3n) is 4.26. The second-order valence-electron chi connectivity index (χ2n) is 6.51. The van der Waals surface area contributed by atoms with Gasteiger partial charge >= 0.3 is 0 Å². The zero-order valence-corrected chi connectivity index (χ0v) is 12.4. The third kappa shape index (κ3) is 3.97. The third-order valence-corrected chi connectivity index (χ3v) is 4.26. The summed E-state index contributed by atoms with van der Waals surface area (Å²) in [5, 5.41) is 15.4. The Balaban J connectivity index is 1.88. The monoisotopic (exact) mass is 275 g/mol. The number of nitrogens with two attached hydrogens (primary N) is 1. The fourth-order valence-electron chi connectivity index (χ4n) is 2.76. The minimum atomic E-state index is 0.159. The molecule has 4 heteroatoms. The topological polar surface area (TPSA) is 70.6 Å². The van der Waals surface area contributed by atoms with Crippen molar-refractivity contribution in [1.29, 1.82) is 0 Å². The van der Waals surface area contributed by atoms with Crippen LogP contribution < -0.4 is 11.1 Å². The molecule has 1 saturated carbocycles. The summed E-state index contributed by atoms with van der Waals surface area (Å²) in [5.74, 6) is 0.159. The molecule has 1 aromatic carbocycles. The highest BCUT2D eigenvalue weighted by molar-refractivity contribution is 5.97. The van der Waals surface area contributed by atoms with Crippen molar-refractivity contribution >= 4 is 5.84 Å². The number of nitrogens with one attached hydrogen (secondary N) is 1. The summed E-state index contributed by atoms with van der Waals surface area (Å²) in [6, 6.07) is 8.43. The van der Waals surface area contributed by atoms with Gasteiger partial charge in [-0.05, 0) is 42.7 Å². The van der Waals surface area contributed by atoms with Crippen molar-refractivity contribution in [3.63, 3.8) is 0 Å². The molecule has 0 amide bonds. The molecule has 20 heavy (non-hydrogen) atoms. The van der Waals surface area contributed by atoms with Crippen LogP contribution in [0.1, 0.15) is 50.7 Å². The van der Waals surface area contributed by atoms with Crippen molar-refractivity contribution in [2.24, 2.45) is 16.3 Å². The van der Waals surface area contributed by atoms with Crippen LogP contribution in [0.2, 0.25) is 0 Å². The Kier molecular flexibility index (Phi) is 4.65. The number of benzene rings is 1. The second-order valence-corrected chi connectivity index (χ2v) is 6.51. The Morgan fingerprint density at radius 3 is 2.75 bits per heavy atom. The van der Waals surface area contributed by atoms with Crippen molar-refractivity contribution in [2.75, 3.05) is 0 Å². The van der Waals surface area contributed by atoms with Gasteiger partial charge in [-0.25, -0.2) is 0 Å². The van der Waals surface area contributed by atoms with Crippen LogP contribution in [0.3, 0.4) is 0 Å². The first-order valence-corrected chi connectivity index (χ1v) is 7.30. The van der Waals surface area contributed by atoms with E-state index >= 15 is 0 Å². The fourth-order valence-corrected chi connectivity index (χ4v) is 2.76. The summed E-state index contributed by atoms with van der Waals surface area (Å²) in [4.78, 5) is 0. The zero-order chi connectivity index (χ0) is 14.6. The summed E-state index contributed by atoms with van der Waals surface area (Å²) < 4.78 is 0. The molecule has 1 aliphatic rings. The molecule has 1 aromatic rings. The number of hydrogen-bond donors (Lipinski definition) is 3. The molecule has 0 atom stereocenters. The van der Waals surface area contributed by atoms with Gasteiger partial charge in [-0.15, -0.1) is 0 Å². The van der Waals surface area contributed by atoms with E-state index < -0.39 is 0 Å². The van der Waals surface area contributed by atoms with E-state index in [0.717, 1.165) is 12.1 Å². The second kappa shape index (κ2) is 6.27. The number of nitrogens with zero attached hydrogens (tertiary/aromatic N) is 1. The lowest BCUT2D eigenvalue weighted by Gasteiger charge is -2.34. The normalized spacial score (nSPS) is 20.0. The molecule has 0 aromatic heterocycles. The first-order valence-electron chi connectivity index (χ1n) is 7.30. The highest BCUT2D eigenvalue weighted by Crippen LogP contribution is 2.35. The predicted octanol–water partition coefficient (Wildman–Crippen LogP) is 2.84. The van der Waals surface area contributed by atoms with Gasteiger partial charge in [-0.1, -0.05) is 37.2 Å². The van der Waals surface area contributed by atoms with Gasteiger partial charge in [0.15, 0.2) is 5.84 Å². The number of rotatable bonds is 4. The molecule has 0 saturated heterocycles. The quantitative estimate of drug-likeness (QED) is 0.342. The predicted molar refractivity (Wildman–Crippen MR) is 81.8 cm³/mol. The van der Waals surface area contributed by atoms with Crippen LogP contribution in [-0.4, -0.2) is 17.1 Å². The van der Waals surface area contributed by atoms with Crippen LogP contribution in [0.25, 0.3) is 0 Å². The van der Waals surface area contributed by atoms with E-state index in [-0.39, 0.29) is 5.84 Å². The molecule has 1 aliphatic carbocycles. The van der Waals surface area contributed by atoms with Crippen LogP contribution in [0.4, 0.5) is 0 Å². The van der Waals surface area contributed by atoms with Gasteiger partial charge in [0.05, 0.1) is 0 Å². The van der Waals surface area contributed by atoms with E-state index in [1.165, 1.54) is 31.2 Å². The van der Waals surface area contributed by atoms with Crippen molar-refractivity contribution in [3.05, 3.63) is 35.4 Å². The summed E-state index contributed by atoms with van der Waals surface area (Å²) >= 11 is 0. The van der Waals surface area contributed by atoms with Gasteiger partial charge in [-0.2, -0.15) is 0 Å². The number of amidine groups is 1. The molecule has 0 bridgehead atoms. The zero-order valence-electron chi connectivity index (χ0n) is 12.4. The van der Waals surface area contributed by atoms with Crippen LogP contribution in [0.15, 0.2) is 29.4 Å². The van der Waals surface area contributed by atoms with E-state index in [1.54, 1.807) is 0 Å². The van der Waals surface area contributed by atoms with Crippen LogP contribution in [0, 0.1) is 5.41 Å². The Morgan fingerprint density at radius 1 is 1.40 bits per heavy atom. The van der Waals surface area contributed by atoms with Crippen LogP contribution >= 0.6 is 0 Å². The Labute approximate surface area is 121 Å². The van der Waals surface area contributed by atoms with Gasteiger partial charge in [0, 0.05) is 18.2 Å². The lowest BCUT2D eigenvalue weighted by molar-refractivity contribution is 0.206. The maximum atomic E-state index is 8.71. The summed E-state index contributed by atoms with van der Waals surface area (Å²) in [7, 11) is 0. The van der Waals surface area contributed by atoms with E-state index in [1.807, 2.05) is 18.2 Å². The van der Waals surface area contributed by atoms with Crippen molar-refractivity contribution in [3.8, 4) is 0 Å². The standard InChI is InChI=1S/C16H25N3O/c1-16(2)8-6-14(7-9-16)18-11-12-4-3-5-13(10-12)15(17)19-20/h3-5,10,14,18,20H,6-9,11H2,1-2H3,(H2,17,19). The molecule has 0 heterocycles. The molecular formula is C16H25N3O. The van der Waals surface area contributed by atoms with Crippen molar-refractivity contribution in [1.82, 2.24) is 5.32 Å². The first-order chi connectivity index (χ1) is 9.50. The Bertz CT molecular complexity index is 472. The average molecular weight is 275 g/mol. The van der Waals surface area contributed by atoms with Crippen LogP contribution in [-0.2, 0) is 6.54 Å².